The summed E-state index contributed by atoms with van der Waals surface area (Å²) in [5, 5.41) is 15.4. The van der Waals surface area contributed by atoms with Gasteiger partial charge in [-0.05, 0) is 6.92 Å². The zero-order valence-electron chi connectivity index (χ0n) is 9.61. The van der Waals surface area contributed by atoms with E-state index in [0.717, 1.165) is 0 Å². The Hall–Kier alpha value is -2.05. The van der Waals surface area contributed by atoms with E-state index in [-0.39, 0.29) is 11.4 Å². The third kappa shape index (κ3) is 2.13. The van der Waals surface area contributed by atoms with Crippen LogP contribution in [0.3, 0.4) is 0 Å². The van der Waals surface area contributed by atoms with Gasteiger partial charge < -0.3 is 10.0 Å². The molecule has 0 bridgehead atoms. The maximum atomic E-state index is 11.4. The minimum atomic E-state index is -1.11. The standard InChI is InChI=1S/C9H14N4O3/c1-5-6(8(14)15)7(13(4)11-5)10-9(16)12(2)3/h1-4H3,(H,10,16)(H,14,15). The second-order valence-corrected chi connectivity index (χ2v) is 3.56. The smallest absolute Gasteiger partial charge is 0.341 e. The first-order chi connectivity index (χ1) is 7.34. The Bertz CT molecular complexity index is 436. The molecule has 0 aliphatic rings. The summed E-state index contributed by atoms with van der Waals surface area (Å²) in [6.45, 7) is 1.58. The fraction of sp³-hybridized carbons (Fsp3) is 0.444. The fourth-order valence-electron chi connectivity index (χ4n) is 1.27. The number of nitrogens with zero attached hydrogens (tertiary/aromatic N) is 3. The molecule has 0 saturated heterocycles. The normalized spacial score (nSPS) is 10.0. The number of anilines is 1. The number of carbonyl (C=O) groups is 2. The van der Waals surface area contributed by atoms with E-state index >= 15 is 0 Å². The quantitative estimate of drug-likeness (QED) is 0.769. The first-order valence-electron chi connectivity index (χ1n) is 4.59. The zero-order chi connectivity index (χ0) is 12.5. The van der Waals surface area contributed by atoms with Crippen LogP contribution in [0.5, 0.6) is 0 Å². The van der Waals surface area contributed by atoms with Gasteiger partial charge in [-0.1, -0.05) is 0 Å². The second-order valence-electron chi connectivity index (χ2n) is 3.56. The van der Waals surface area contributed by atoms with Crippen LogP contribution in [0.25, 0.3) is 0 Å². The van der Waals surface area contributed by atoms with Gasteiger partial charge in [-0.15, -0.1) is 0 Å². The molecule has 7 nitrogen and oxygen atoms in total. The van der Waals surface area contributed by atoms with Crippen molar-refractivity contribution < 1.29 is 14.7 Å². The monoisotopic (exact) mass is 226 g/mol. The molecule has 0 aromatic carbocycles. The highest BCUT2D eigenvalue weighted by Crippen LogP contribution is 2.18. The van der Waals surface area contributed by atoms with Crippen LogP contribution in [0, 0.1) is 6.92 Å². The predicted molar refractivity (Wildman–Crippen MR) is 57.6 cm³/mol. The number of amides is 2. The Morgan fingerprint density at radius 1 is 1.44 bits per heavy atom. The molecule has 16 heavy (non-hydrogen) atoms. The fourth-order valence-corrected chi connectivity index (χ4v) is 1.27. The second kappa shape index (κ2) is 4.21. The van der Waals surface area contributed by atoms with Gasteiger partial charge in [-0.2, -0.15) is 5.10 Å². The Morgan fingerprint density at radius 3 is 2.44 bits per heavy atom. The highest BCUT2D eigenvalue weighted by atomic mass is 16.4. The van der Waals surface area contributed by atoms with Crippen molar-refractivity contribution in [3.05, 3.63) is 11.3 Å². The minimum absolute atomic E-state index is 0.0118. The molecule has 0 saturated carbocycles. The Kier molecular flexibility index (Phi) is 3.17. The molecule has 1 aromatic rings. The first-order valence-corrected chi connectivity index (χ1v) is 4.59. The summed E-state index contributed by atoms with van der Waals surface area (Å²) in [5.41, 5.74) is 0.377. The molecule has 0 spiro atoms. The number of aromatic nitrogens is 2. The molecule has 0 fully saturated rings. The van der Waals surface area contributed by atoms with Gasteiger partial charge in [-0.3, -0.25) is 10.00 Å². The van der Waals surface area contributed by atoms with Gasteiger partial charge in [0.2, 0.25) is 0 Å². The van der Waals surface area contributed by atoms with Crippen molar-refractivity contribution in [3.8, 4) is 0 Å². The summed E-state index contributed by atoms with van der Waals surface area (Å²) in [6.07, 6.45) is 0. The number of carbonyl (C=O) groups excluding carboxylic acids is 1. The summed E-state index contributed by atoms with van der Waals surface area (Å²) in [5.74, 6) is -0.927. The number of hydrogen-bond donors (Lipinski definition) is 2. The van der Waals surface area contributed by atoms with Crippen LogP contribution < -0.4 is 5.32 Å². The van der Waals surface area contributed by atoms with Crippen molar-refractivity contribution >= 4 is 17.8 Å². The lowest BCUT2D eigenvalue weighted by Crippen LogP contribution is -2.29. The van der Waals surface area contributed by atoms with E-state index in [1.54, 1.807) is 28.1 Å². The molecule has 0 aliphatic carbocycles. The maximum absolute atomic E-state index is 11.4. The largest absolute Gasteiger partial charge is 0.477 e. The van der Waals surface area contributed by atoms with E-state index in [2.05, 4.69) is 10.4 Å². The van der Waals surface area contributed by atoms with Gasteiger partial charge in [0.15, 0.2) is 0 Å². The maximum Gasteiger partial charge on any atom is 0.341 e. The Balaban J connectivity index is 3.13. The molecular weight excluding hydrogens is 212 g/mol. The van der Waals surface area contributed by atoms with Crippen LogP contribution in [0.4, 0.5) is 10.6 Å². The molecule has 1 aromatic heterocycles. The Labute approximate surface area is 92.7 Å². The predicted octanol–water partition coefficient (Wildman–Crippen LogP) is 0.520. The molecule has 88 valence electrons. The summed E-state index contributed by atoms with van der Waals surface area (Å²) < 4.78 is 1.33. The average molecular weight is 226 g/mol. The van der Waals surface area contributed by atoms with E-state index in [4.69, 9.17) is 5.11 Å². The van der Waals surface area contributed by atoms with Gasteiger partial charge in [0.25, 0.3) is 0 Å². The highest BCUT2D eigenvalue weighted by molar-refractivity contribution is 5.99. The summed E-state index contributed by atoms with van der Waals surface area (Å²) in [7, 11) is 4.71. The van der Waals surface area contributed by atoms with E-state index < -0.39 is 12.0 Å². The molecule has 7 heteroatoms. The van der Waals surface area contributed by atoms with Crippen molar-refractivity contribution in [2.24, 2.45) is 7.05 Å². The third-order valence-corrected chi connectivity index (χ3v) is 2.07. The van der Waals surface area contributed by atoms with Crippen LogP contribution in [-0.2, 0) is 7.05 Å². The zero-order valence-corrected chi connectivity index (χ0v) is 9.61. The number of aromatic carboxylic acids is 1. The SMILES string of the molecule is Cc1nn(C)c(NC(=O)N(C)C)c1C(=O)O. The molecule has 1 rings (SSSR count). The van der Waals surface area contributed by atoms with Crippen molar-refractivity contribution in [1.29, 1.82) is 0 Å². The molecule has 0 unspecified atom stereocenters. The Morgan fingerprint density at radius 2 is 2.00 bits per heavy atom. The highest BCUT2D eigenvalue weighted by Gasteiger charge is 2.21. The number of aryl methyl sites for hydroxylation is 2. The average Bonchev–Trinajstić information content (AvgIpc) is 2.41. The van der Waals surface area contributed by atoms with Gasteiger partial charge >= 0.3 is 12.0 Å². The summed E-state index contributed by atoms with van der Waals surface area (Å²) >= 11 is 0. The van der Waals surface area contributed by atoms with E-state index in [1.807, 2.05) is 0 Å². The molecule has 1 heterocycles. The van der Waals surface area contributed by atoms with E-state index in [9.17, 15) is 9.59 Å². The summed E-state index contributed by atoms with van der Waals surface area (Å²) in [6, 6.07) is -0.398. The van der Waals surface area contributed by atoms with Crippen molar-refractivity contribution in [3.63, 3.8) is 0 Å². The lowest BCUT2D eigenvalue weighted by molar-refractivity contribution is 0.0697. The van der Waals surface area contributed by atoms with E-state index in [1.165, 1.54) is 9.58 Å². The van der Waals surface area contributed by atoms with Gasteiger partial charge in [-0.25, -0.2) is 9.59 Å². The van der Waals surface area contributed by atoms with Crippen LogP contribution in [0.15, 0.2) is 0 Å². The molecular formula is C9H14N4O3. The number of carboxylic acids is 1. The number of nitrogens with one attached hydrogen (secondary N) is 1. The topological polar surface area (TPSA) is 87.5 Å². The number of hydrogen-bond acceptors (Lipinski definition) is 3. The molecule has 2 N–H and O–H groups in total. The van der Waals surface area contributed by atoms with E-state index in [0.29, 0.717) is 5.69 Å². The van der Waals surface area contributed by atoms with Crippen LogP contribution >= 0.6 is 0 Å². The first kappa shape index (κ1) is 12.0. The lowest BCUT2D eigenvalue weighted by atomic mass is 10.2. The number of urea groups is 1. The third-order valence-electron chi connectivity index (χ3n) is 2.07. The molecule has 0 atom stereocenters. The molecule has 0 radical (unpaired) electrons. The van der Waals surface area contributed by atoms with Gasteiger partial charge in [0, 0.05) is 21.1 Å². The van der Waals surface area contributed by atoms with Crippen LogP contribution in [0.2, 0.25) is 0 Å². The van der Waals surface area contributed by atoms with Gasteiger partial charge in [0.05, 0.1) is 5.69 Å². The molecule has 0 aliphatic heterocycles. The van der Waals surface area contributed by atoms with Gasteiger partial charge in [0.1, 0.15) is 11.4 Å². The van der Waals surface area contributed by atoms with Crippen molar-refractivity contribution in [1.82, 2.24) is 14.7 Å². The molecule has 2 amide bonds. The van der Waals surface area contributed by atoms with Crippen molar-refractivity contribution in [2.75, 3.05) is 19.4 Å². The lowest BCUT2D eigenvalue weighted by Gasteiger charge is -2.12. The van der Waals surface area contributed by atoms with Crippen LogP contribution in [0.1, 0.15) is 16.1 Å². The minimum Gasteiger partial charge on any atom is -0.477 e. The van der Waals surface area contributed by atoms with Crippen LogP contribution in [-0.4, -0.2) is 45.9 Å². The summed E-state index contributed by atoms with van der Waals surface area (Å²) in [4.78, 5) is 23.7. The number of rotatable bonds is 2. The van der Waals surface area contributed by atoms with Crippen molar-refractivity contribution in [2.45, 2.75) is 6.92 Å². The number of carboxylic acid groups (broad SMARTS) is 1.